The summed E-state index contributed by atoms with van der Waals surface area (Å²) in [6.07, 6.45) is 4.17. The Morgan fingerprint density at radius 2 is 1.77 bits per heavy atom. The molecule has 0 saturated carbocycles. The number of ketones is 1. The van der Waals surface area contributed by atoms with Crippen LogP contribution in [0, 0.1) is 0 Å². The Balaban J connectivity index is 1.72. The van der Waals surface area contributed by atoms with Crippen LogP contribution in [0.3, 0.4) is 0 Å². The van der Waals surface area contributed by atoms with Crippen molar-refractivity contribution in [2.75, 3.05) is 18.0 Å². The molecule has 5 rings (SSSR count). The van der Waals surface area contributed by atoms with E-state index in [1.54, 1.807) is 30.3 Å². The summed E-state index contributed by atoms with van der Waals surface area (Å²) in [7, 11) is 0. The third-order valence-electron chi connectivity index (χ3n) is 5.50. The van der Waals surface area contributed by atoms with Crippen LogP contribution in [0.4, 0.5) is 5.69 Å². The van der Waals surface area contributed by atoms with Crippen LogP contribution in [0.2, 0.25) is 0 Å². The SMILES string of the molecule is O=C(c1ccccc1)c1cc2cc3c4c(c2oc1=O)CCCN4CCC3. The molecular formula is C22H19NO3. The summed E-state index contributed by atoms with van der Waals surface area (Å²) < 4.78 is 5.70. The zero-order valence-electron chi connectivity index (χ0n) is 14.5. The lowest BCUT2D eigenvalue weighted by Crippen LogP contribution is -2.34. The van der Waals surface area contributed by atoms with E-state index >= 15 is 0 Å². The predicted molar refractivity (Wildman–Crippen MR) is 101 cm³/mol. The van der Waals surface area contributed by atoms with Crippen molar-refractivity contribution < 1.29 is 9.21 Å². The lowest BCUT2D eigenvalue weighted by atomic mass is 9.89. The van der Waals surface area contributed by atoms with Gasteiger partial charge in [-0.25, -0.2) is 4.79 Å². The number of hydrogen-bond acceptors (Lipinski definition) is 4. The molecule has 2 aromatic carbocycles. The minimum Gasteiger partial charge on any atom is -0.422 e. The van der Waals surface area contributed by atoms with Gasteiger partial charge in [-0.2, -0.15) is 0 Å². The Kier molecular flexibility index (Phi) is 3.45. The van der Waals surface area contributed by atoms with Gasteiger partial charge in [0.1, 0.15) is 11.1 Å². The maximum Gasteiger partial charge on any atom is 0.347 e. The highest BCUT2D eigenvalue weighted by Gasteiger charge is 2.27. The number of benzene rings is 2. The Hall–Kier alpha value is -2.88. The molecule has 0 N–H and O–H groups in total. The molecule has 1 aromatic heterocycles. The quantitative estimate of drug-likeness (QED) is 0.525. The van der Waals surface area contributed by atoms with Crippen molar-refractivity contribution in [1.82, 2.24) is 0 Å². The summed E-state index contributed by atoms with van der Waals surface area (Å²) in [4.78, 5) is 27.7. The van der Waals surface area contributed by atoms with Crippen molar-refractivity contribution in [1.29, 1.82) is 0 Å². The van der Waals surface area contributed by atoms with E-state index in [1.165, 1.54) is 11.3 Å². The van der Waals surface area contributed by atoms with Gasteiger partial charge in [-0.15, -0.1) is 0 Å². The second-order valence-corrected chi connectivity index (χ2v) is 7.12. The number of carbonyl (C=O) groups is 1. The molecule has 0 amide bonds. The van der Waals surface area contributed by atoms with Crippen molar-refractivity contribution >= 4 is 22.4 Å². The van der Waals surface area contributed by atoms with E-state index in [4.69, 9.17) is 4.42 Å². The van der Waals surface area contributed by atoms with Crippen molar-refractivity contribution in [3.05, 3.63) is 75.1 Å². The fourth-order valence-corrected chi connectivity index (χ4v) is 4.35. The number of hydrogen-bond donors (Lipinski definition) is 0. The third-order valence-corrected chi connectivity index (χ3v) is 5.50. The molecule has 130 valence electrons. The second kappa shape index (κ2) is 5.84. The summed E-state index contributed by atoms with van der Waals surface area (Å²) in [5, 5.41) is 0.862. The molecule has 4 heteroatoms. The van der Waals surface area contributed by atoms with Crippen LogP contribution < -0.4 is 10.5 Å². The second-order valence-electron chi connectivity index (χ2n) is 7.12. The maximum atomic E-state index is 12.7. The topological polar surface area (TPSA) is 50.5 Å². The van der Waals surface area contributed by atoms with Gasteiger partial charge in [0.05, 0.1) is 0 Å². The Labute approximate surface area is 151 Å². The first-order valence-electron chi connectivity index (χ1n) is 9.20. The summed E-state index contributed by atoms with van der Waals surface area (Å²) in [6, 6.07) is 12.7. The first-order valence-corrected chi connectivity index (χ1v) is 9.20. The highest BCUT2D eigenvalue weighted by atomic mass is 16.4. The largest absolute Gasteiger partial charge is 0.422 e. The monoisotopic (exact) mass is 345 g/mol. The molecule has 0 fully saturated rings. The Morgan fingerprint density at radius 3 is 2.58 bits per heavy atom. The number of nitrogens with zero attached hydrogens (tertiary/aromatic N) is 1. The van der Waals surface area contributed by atoms with Crippen LogP contribution in [0.15, 0.2) is 51.7 Å². The average molecular weight is 345 g/mol. The minimum absolute atomic E-state index is 0.110. The van der Waals surface area contributed by atoms with Gasteiger partial charge in [-0.3, -0.25) is 4.79 Å². The highest BCUT2D eigenvalue weighted by molar-refractivity contribution is 6.10. The van der Waals surface area contributed by atoms with E-state index in [0.717, 1.165) is 49.7 Å². The average Bonchev–Trinajstić information content (AvgIpc) is 2.69. The molecule has 0 saturated heterocycles. The molecule has 0 atom stereocenters. The van der Waals surface area contributed by atoms with Crippen molar-refractivity contribution in [2.24, 2.45) is 0 Å². The minimum atomic E-state index is -0.546. The van der Waals surface area contributed by atoms with Gasteiger partial charge in [-0.05, 0) is 43.4 Å². The van der Waals surface area contributed by atoms with E-state index in [2.05, 4.69) is 11.0 Å². The van der Waals surface area contributed by atoms with E-state index in [1.807, 2.05) is 6.07 Å². The fourth-order valence-electron chi connectivity index (χ4n) is 4.35. The zero-order valence-corrected chi connectivity index (χ0v) is 14.5. The smallest absolute Gasteiger partial charge is 0.347 e. The van der Waals surface area contributed by atoms with Gasteiger partial charge in [0, 0.05) is 35.3 Å². The summed E-state index contributed by atoms with van der Waals surface area (Å²) in [6.45, 7) is 2.14. The number of carbonyl (C=O) groups excluding carboxylic acids is 1. The first kappa shape index (κ1) is 15.4. The third kappa shape index (κ3) is 2.29. The molecule has 3 heterocycles. The van der Waals surface area contributed by atoms with Crippen molar-refractivity contribution in [2.45, 2.75) is 25.7 Å². The van der Waals surface area contributed by atoms with Crippen LogP contribution in [0.5, 0.6) is 0 Å². The van der Waals surface area contributed by atoms with Crippen molar-refractivity contribution in [3.8, 4) is 0 Å². The maximum absolute atomic E-state index is 12.7. The lowest BCUT2D eigenvalue weighted by molar-refractivity contribution is 0.103. The van der Waals surface area contributed by atoms with Crippen LogP contribution in [0.1, 0.15) is 39.9 Å². The van der Waals surface area contributed by atoms with Crippen LogP contribution in [-0.4, -0.2) is 18.9 Å². The van der Waals surface area contributed by atoms with E-state index in [9.17, 15) is 9.59 Å². The number of aryl methyl sites for hydroxylation is 2. The van der Waals surface area contributed by atoms with E-state index in [-0.39, 0.29) is 11.3 Å². The Morgan fingerprint density at radius 1 is 1.00 bits per heavy atom. The summed E-state index contributed by atoms with van der Waals surface area (Å²) >= 11 is 0. The van der Waals surface area contributed by atoms with Gasteiger partial charge >= 0.3 is 5.63 Å². The molecule has 0 spiro atoms. The summed E-state index contributed by atoms with van der Waals surface area (Å²) in [5.41, 5.74) is 4.44. The van der Waals surface area contributed by atoms with Gasteiger partial charge in [0.15, 0.2) is 5.78 Å². The standard InChI is InChI=1S/C22H19NO3/c24-20(14-6-2-1-3-7-14)18-13-16-12-15-8-4-10-23-11-5-9-17(19(15)23)21(16)26-22(18)25/h1-3,6-7,12-13H,4-5,8-11H2. The highest BCUT2D eigenvalue weighted by Crippen LogP contribution is 2.39. The molecule has 0 radical (unpaired) electrons. The number of anilines is 1. The van der Waals surface area contributed by atoms with E-state index < -0.39 is 5.63 Å². The number of fused-ring (bicyclic) bond motifs is 2. The molecular weight excluding hydrogens is 326 g/mol. The van der Waals surface area contributed by atoms with Crippen LogP contribution in [0.25, 0.3) is 11.0 Å². The van der Waals surface area contributed by atoms with Gasteiger partial charge in [-0.1, -0.05) is 30.3 Å². The van der Waals surface area contributed by atoms with Gasteiger partial charge in [0.2, 0.25) is 0 Å². The normalized spacial score (nSPS) is 15.8. The van der Waals surface area contributed by atoms with Crippen LogP contribution >= 0.6 is 0 Å². The van der Waals surface area contributed by atoms with Gasteiger partial charge < -0.3 is 9.32 Å². The Bertz CT molecular complexity index is 1080. The fraction of sp³-hybridized carbons (Fsp3) is 0.273. The van der Waals surface area contributed by atoms with Crippen LogP contribution in [-0.2, 0) is 12.8 Å². The van der Waals surface area contributed by atoms with E-state index in [0.29, 0.717) is 11.1 Å². The van der Waals surface area contributed by atoms with Crippen molar-refractivity contribution in [3.63, 3.8) is 0 Å². The molecule has 0 aliphatic carbocycles. The molecule has 2 aliphatic heterocycles. The molecule has 0 unspecified atom stereocenters. The zero-order chi connectivity index (χ0) is 17.7. The predicted octanol–water partition coefficient (Wildman–Crippen LogP) is 3.72. The lowest BCUT2D eigenvalue weighted by Gasteiger charge is -2.37. The molecule has 26 heavy (non-hydrogen) atoms. The van der Waals surface area contributed by atoms with Gasteiger partial charge in [0.25, 0.3) is 0 Å². The molecule has 3 aromatic rings. The molecule has 2 aliphatic rings. The molecule has 0 bridgehead atoms. The summed E-state index contributed by atoms with van der Waals surface area (Å²) in [5.74, 6) is -0.283. The number of rotatable bonds is 2. The first-order chi connectivity index (χ1) is 12.7. The molecule has 4 nitrogen and oxygen atoms in total.